The molecule has 1 aromatic carbocycles. The standard InChI is InChI=1S/C14H19ClFN/c1-2-17-9-12-7-6-10(12)8-11-4-3-5-13(16)14(11)15/h3-5,10,12,17H,2,6-9H2,1H3. The van der Waals surface area contributed by atoms with Crippen molar-refractivity contribution in [3.63, 3.8) is 0 Å². The van der Waals surface area contributed by atoms with Gasteiger partial charge in [0.2, 0.25) is 0 Å². The average Bonchev–Trinajstić information content (AvgIpc) is 2.30. The van der Waals surface area contributed by atoms with Gasteiger partial charge in [-0.3, -0.25) is 0 Å². The Kier molecular flexibility index (Phi) is 4.41. The largest absolute Gasteiger partial charge is 0.317 e. The minimum absolute atomic E-state index is 0.299. The molecule has 1 N–H and O–H groups in total. The van der Waals surface area contributed by atoms with E-state index in [-0.39, 0.29) is 5.82 Å². The minimum Gasteiger partial charge on any atom is -0.317 e. The van der Waals surface area contributed by atoms with Gasteiger partial charge in [0.1, 0.15) is 5.82 Å². The molecule has 0 aromatic heterocycles. The van der Waals surface area contributed by atoms with E-state index in [4.69, 9.17) is 11.6 Å². The molecule has 0 spiro atoms. The van der Waals surface area contributed by atoms with Crippen LogP contribution in [-0.2, 0) is 6.42 Å². The van der Waals surface area contributed by atoms with Crippen LogP contribution in [0.4, 0.5) is 4.39 Å². The van der Waals surface area contributed by atoms with Crippen molar-refractivity contribution >= 4 is 11.6 Å². The fourth-order valence-corrected chi connectivity index (χ4v) is 2.70. The van der Waals surface area contributed by atoms with Gasteiger partial charge in [-0.1, -0.05) is 30.7 Å². The molecule has 1 aliphatic rings. The number of halogens is 2. The van der Waals surface area contributed by atoms with E-state index in [2.05, 4.69) is 12.2 Å². The van der Waals surface area contributed by atoms with Gasteiger partial charge in [-0.05, 0) is 55.8 Å². The van der Waals surface area contributed by atoms with Gasteiger partial charge in [-0.15, -0.1) is 0 Å². The van der Waals surface area contributed by atoms with E-state index in [1.807, 2.05) is 6.07 Å². The summed E-state index contributed by atoms with van der Waals surface area (Å²) in [5.41, 5.74) is 0.956. The molecule has 0 bridgehead atoms. The second-order valence-corrected chi connectivity index (χ2v) is 5.20. The lowest BCUT2D eigenvalue weighted by molar-refractivity contribution is 0.172. The van der Waals surface area contributed by atoms with Crippen LogP contribution in [0.2, 0.25) is 5.02 Å². The van der Waals surface area contributed by atoms with E-state index in [1.54, 1.807) is 6.07 Å². The van der Waals surface area contributed by atoms with Crippen molar-refractivity contribution in [3.8, 4) is 0 Å². The van der Waals surface area contributed by atoms with Crippen molar-refractivity contribution in [3.05, 3.63) is 34.6 Å². The lowest BCUT2D eigenvalue weighted by Crippen LogP contribution is -2.36. The van der Waals surface area contributed by atoms with E-state index in [9.17, 15) is 4.39 Å². The summed E-state index contributed by atoms with van der Waals surface area (Å²) >= 11 is 5.98. The van der Waals surface area contributed by atoms with E-state index in [0.717, 1.165) is 31.0 Å². The van der Waals surface area contributed by atoms with Crippen LogP contribution < -0.4 is 5.32 Å². The third kappa shape index (κ3) is 2.99. The highest BCUT2D eigenvalue weighted by molar-refractivity contribution is 6.31. The van der Waals surface area contributed by atoms with E-state index < -0.39 is 0 Å². The maximum Gasteiger partial charge on any atom is 0.142 e. The van der Waals surface area contributed by atoms with Crippen LogP contribution in [0.5, 0.6) is 0 Å². The molecule has 2 rings (SSSR count). The molecular formula is C14H19ClFN. The Labute approximate surface area is 107 Å². The van der Waals surface area contributed by atoms with Crippen LogP contribution in [0.3, 0.4) is 0 Å². The van der Waals surface area contributed by atoms with Crippen LogP contribution in [0.1, 0.15) is 25.3 Å². The second-order valence-electron chi connectivity index (χ2n) is 4.82. The fraction of sp³-hybridized carbons (Fsp3) is 0.571. The predicted octanol–water partition coefficient (Wildman–Crippen LogP) is 3.66. The topological polar surface area (TPSA) is 12.0 Å². The Morgan fingerprint density at radius 2 is 2.12 bits per heavy atom. The zero-order chi connectivity index (χ0) is 12.3. The zero-order valence-corrected chi connectivity index (χ0v) is 10.9. The summed E-state index contributed by atoms with van der Waals surface area (Å²) in [6, 6.07) is 5.10. The third-order valence-electron chi connectivity index (χ3n) is 3.75. The van der Waals surface area contributed by atoms with Gasteiger partial charge < -0.3 is 5.32 Å². The molecule has 1 aliphatic carbocycles. The molecule has 2 unspecified atom stereocenters. The molecule has 94 valence electrons. The highest BCUT2D eigenvalue weighted by Crippen LogP contribution is 2.37. The molecule has 0 saturated heterocycles. The molecule has 1 aromatic rings. The lowest BCUT2D eigenvalue weighted by Gasteiger charge is -2.37. The van der Waals surface area contributed by atoms with E-state index in [1.165, 1.54) is 18.9 Å². The normalized spacial score (nSPS) is 23.5. The molecule has 3 heteroatoms. The number of hydrogen-bond acceptors (Lipinski definition) is 1. The molecule has 1 nitrogen and oxygen atoms in total. The van der Waals surface area contributed by atoms with Gasteiger partial charge in [-0.25, -0.2) is 4.39 Å². The molecule has 2 atom stereocenters. The van der Waals surface area contributed by atoms with Gasteiger partial charge in [0, 0.05) is 0 Å². The van der Waals surface area contributed by atoms with Gasteiger partial charge in [0.15, 0.2) is 0 Å². The highest BCUT2D eigenvalue weighted by Gasteiger charge is 2.30. The lowest BCUT2D eigenvalue weighted by atomic mass is 9.70. The fourth-order valence-electron chi connectivity index (χ4n) is 2.49. The Morgan fingerprint density at radius 1 is 1.35 bits per heavy atom. The molecule has 0 amide bonds. The SMILES string of the molecule is CCNCC1CCC1Cc1cccc(F)c1Cl. The van der Waals surface area contributed by atoms with Gasteiger partial charge in [-0.2, -0.15) is 0 Å². The molecule has 0 radical (unpaired) electrons. The first-order valence-electron chi connectivity index (χ1n) is 6.36. The van der Waals surface area contributed by atoms with Crippen molar-refractivity contribution in [2.75, 3.05) is 13.1 Å². The molecule has 1 fully saturated rings. The Bertz CT molecular complexity index is 380. The maximum absolute atomic E-state index is 13.3. The molecule has 0 heterocycles. The number of rotatable bonds is 5. The number of nitrogens with one attached hydrogen (secondary N) is 1. The zero-order valence-electron chi connectivity index (χ0n) is 10.2. The molecular weight excluding hydrogens is 237 g/mol. The van der Waals surface area contributed by atoms with Crippen LogP contribution >= 0.6 is 11.6 Å². The molecule has 0 aliphatic heterocycles. The molecule has 1 saturated carbocycles. The molecule has 17 heavy (non-hydrogen) atoms. The highest BCUT2D eigenvalue weighted by atomic mass is 35.5. The monoisotopic (exact) mass is 255 g/mol. The van der Waals surface area contributed by atoms with Crippen molar-refractivity contribution in [1.82, 2.24) is 5.32 Å². The van der Waals surface area contributed by atoms with Crippen LogP contribution in [-0.4, -0.2) is 13.1 Å². The average molecular weight is 256 g/mol. The Hall–Kier alpha value is -0.600. The van der Waals surface area contributed by atoms with Crippen molar-refractivity contribution in [2.45, 2.75) is 26.2 Å². The van der Waals surface area contributed by atoms with Crippen LogP contribution in [0, 0.1) is 17.7 Å². The Morgan fingerprint density at radius 3 is 2.76 bits per heavy atom. The smallest absolute Gasteiger partial charge is 0.142 e. The summed E-state index contributed by atoms with van der Waals surface area (Å²) in [7, 11) is 0. The van der Waals surface area contributed by atoms with Crippen LogP contribution in [0.25, 0.3) is 0 Å². The van der Waals surface area contributed by atoms with E-state index in [0.29, 0.717) is 10.9 Å². The summed E-state index contributed by atoms with van der Waals surface area (Å²) in [5.74, 6) is 1.09. The van der Waals surface area contributed by atoms with Crippen LogP contribution in [0.15, 0.2) is 18.2 Å². The summed E-state index contributed by atoms with van der Waals surface area (Å²) in [5, 5.41) is 3.69. The number of hydrogen-bond donors (Lipinski definition) is 1. The van der Waals surface area contributed by atoms with Gasteiger partial charge >= 0.3 is 0 Å². The predicted molar refractivity (Wildman–Crippen MR) is 69.9 cm³/mol. The summed E-state index contributed by atoms with van der Waals surface area (Å²) < 4.78 is 13.3. The minimum atomic E-state index is -0.299. The third-order valence-corrected chi connectivity index (χ3v) is 4.17. The van der Waals surface area contributed by atoms with Crippen molar-refractivity contribution < 1.29 is 4.39 Å². The first-order valence-corrected chi connectivity index (χ1v) is 6.73. The number of benzene rings is 1. The van der Waals surface area contributed by atoms with Gasteiger partial charge in [0.05, 0.1) is 5.02 Å². The van der Waals surface area contributed by atoms with E-state index >= 15 is 0 Å². The quantitative estimate of drug-likeness (QED) is 0.847. The Balaban J connectivity index is 1.94. The first kappa shape index (κ1) is 12.8. The first-order chi connectivity index (χ1) is 8.22. The van der Waals surface area contributed by atoms with Crippen molar-refractivity contribution in [2.24, 2.45) is 11.8 Å². The summed E-state index contributed by atoms with van der Waals surface area (Å²) in [4.78, 5) is 0. The van der Waals surface area contributed by atoms with Crippen molar-refractivity contribution in [1.29, 1.82) is 0 Å². The van der Waals surface area contributed by atoms with Gasteiger partial charge in [0.25, 0.3) is 0 Å². The summed E-state index contributed by atoms with van der Waals surface area (Å²) in [6.45, 7) is 4.22. The summed E-state index contributed by atoms with van der Waals surface area (Å²) in [6.07, 6.45) is 3.43. The maximum atomic E-state index is 13.3. The second kappa shape index (κ2) is 5.83.